The van der Waals surface area contributed by atoms with E-state index >= 15 is 0 Å². The SMILES string of the molecule is CNS(=O)(=O)c1ccc(/C=C/C(=O)NCCOc2ccc(C(C)C)cc2)cc1. The van der Waals surface area contributed by atoms with E-state index in [1.165, 1.54) is 30.8 Å². The lowest BCUT2D eigenvalue weighted by molar-refractivity contribution is -0.116. The van der Waals surface area contributed by atoms with Crippen LogP contribution in [-0.2, 0) is 14.8 Å². The Morgan fingerprint density at radius 1 is 1.07 bits per heavy atom. The molecule has 0 aromatic heterocycles. The number of sulfonamides is 1. The molecule has 0 radical (unpaired) electrons. The third kappa shape index (κ3) is 6.51. The zero-order valence-corrected chi connectivity index (χ0v) is 17.1. The summed E-state index contributed by atoms with van der Waals surface area (Å²) in [4.78, 5) is 12.0. The molecule has 0 unspecified atom stereocenters. The van der Waals surface area contributed by atoms with Gasteiger partial charge in [-0.2, -0.15) is 0 Å². The Hall–Kier alpha value is -2.64. The minimum atomic E-state index is -3.46. The second-order valence-corrected chi connectivity index (χ2v) is 8.36. The fourth-order valence-corrected chi connectivity index (χ4v) is 3.13. The number of ether oxygens (including phenoxy) is 1. The highest BCUT2D eigenvalue weighted by molar-refractivity contribution is 7.89. The largest absolute Gasteiger partial charge is 0.492 e. The van der Waals surface area contributed by atoms with Gasteiger partial charge in [0.1, 0.15) is 12.4 Å². The maximum Gasteiger partial charge on any atom is 0.244 e. The molecule has 0 atom stereocenters. The molecular formula is C21H26N2O4S. The van der Waals surface area contributed by atoms with E-state index in [0.717, 1.165) is 11.3 Å². The molecule has 0 fully saturated rings. The molecule has 0 bridgehead atoms. The van der Waals surface area contributed by atoms with Crippen LogP contribution in [-0.4, -0.2) is 34.5 Å². The Labute approximate surface area is 166 Å². The van der Waals surface area contributed by atoms with Gasteiger partial charge >= 0.3 is 0 Å². The molecule has 2 N–H and O–H groups in total. The number of nitrogens with one attached hydrogen (secondary N) is 2. The third-order valence-electron chi connectivity index (χ3n) is 4.10. The normalized spacial score (nSPS) is 11.7. The van der Waals surface area contributed by atoms with Gasteiger partial charge in [-0.3, -0.25) is 4.79 Å². The van der Waals surface area contributed by atoms with Crippen molar-refractivity contribution in [3.05, 3.63) is 65.7 Å². The summed E-state index contributed by atoms with van der Waals surface area (Å²) in [5.74, 6) is 1.00. The van der Waals surface area contributed by atoms with E-state index in [9.17, 15) is 13.2 Å². The predicted molar refractivity (Wildman–Crippen MR) is 111 cm³/mol. The van der Waals surface area contributed by atoms with E-state index in [2.05, 4.69) is 23.9 Å². The van der Waals surface area contributed by atoms with E-state index < -0.39 is 10.0 Å². The first-order chi connectivity index (χ1) is 13.3. The molecule has 150 valence electrons. The van der Waals surface area contributed by atoms with Gasteiger partial charge < -0.3 is 10.1 Å². The smallest absolute Gasteiger partial charge is 0.244 e. The number of amides is 1. The average Bonchev–Trinajstić information content (AvgIpc) is 2.70. The highest BCUT2D eigenvalue weighted by Gasteiger charge is 2.09. The topological polar surface area (TPSA) is 84.5 Å². The van der Waals surface area contributed by atoms with Gasteiger partial charge in [0.15, 0.2) is 0 Å². The molecule has 2 rings (SSSR count). The molecule has 7 heteroatoms. The van der Waals surface area contributed by atoms with Crippen molar-refractivity contribution in [1.29, 1.82) is 0 Å². The van der Waals surface area contributed by atoms with Crippen LogP contribution >= 0.6 is 0 Å². The average molecular weight is 403 g/mol. The highest BCUT2D eigenvalue weighted by Crippen LogP contribution is 2.18. The van der Waals surface area contributed by atoms with Crippen molar-refractivity contribution in [2.24, 2.45) is 0 Å². The monoisotopic (exact) mass is 402 g/mol. The van der Waals surface area contributed by atoms with Gasteiger partial charge in [-0.15, -0.1) is 0 Å². The minimum absolute atomic E-state index is 0.176. The molecule has 0 aliphatic carbocycles. The van der Waals surface area contributed by atoms with Crippen LogP contribution in [0.15, 0.2) is 59.5 Å². The lowest BCUT2D eigenvalue weighted by atomic mass is 10.0. The van der Waals surface area contributed by atoms with Crippen LogP contribution in [0.4, 0.5) is 0 Å². The molecule has 0 aliphatic rings. The van der Waals surface area contributed by atoms with Crippen molar-refractivity contribution in [3.8, 4) is 5.75 Å². The minimum Gasteiger partial charge on any atom is -0.492 e. The van der Waals surface area contributed by atoms with Gasteiger partial charge in [0.2, 0.25) is 15.9 Å². The lowest BCUT2D eigenvalue weighted by Gasteiger charge is -2.09. The van der Waals surface area contributed by atoms with Crippen molar-refractivity contribution in [2.75, 3.05) is 20.2 Å². The maximum absolute atomic E-state index is 11.9. The van der Waals surface area contributed by atoms with Crippen molar-refractivity contribution >= 4 is 22.0 Å². The highest BCUT2D eigenvalue weighted by atomic mass is 32.2. The van der Waals surface area contributed by atoms with Crippen LogP contribution in [0.25, 0.3) is 6.08 Å². The number of rotatable bonds is 9. The molecule has 1 amide bonds. The van der Waals surface area contributed by atoms with Crippen LogP contribution in [0.2, 0.25) is 0 Å². The fraction of sp³-hybridized carbons (Fsp3) is 0.286. The lowest BCUT2D eigenvalue weighted by Crippen LogP contribution is -2.26. The Morgan fingerprint density at radius 2 is 1.71 bits per heavy atom. The first-order valence-corrected chi connectivity index (χ1v) is 10.5. The Bertz CT molecular complexity index is 902. The summed E-state index contributed by atoms with van der Waals surface area (Å²) < 4.78 is 31.2. The summed E-state index contributed by atoms with van der Waals surface area (Å²) in [5.41, 5.74) is 1.98. The second-order valence-electron chi connectivity index (χ2n) is 6.47. The van der Waals surface area contributed by atoms with Crippen molar-refractivity contribution in [1.82, 2.24) is 10.0 Å². The Kier molecular flexibility index (Phi) is 7.78. The van der Waals surface area contributed by atoms with Crippen LogP contribution in [0.5, 0.6) is 5.75 Å². The van der Waals surface area contributed by atoms with E-state index in [0.29, 0.717) is 19.1 Å². The number of hydrogen-bond acceptors (Lipinski definition) is 4. The Morgan fingerprint density at radius 3 is 2.29 bits per heavy atom. The quantitative estimate of drug-likeness (QED) is 0.499. The van der Waals surface area contributed by atoms with E-state index in [-0.39, 0.29) is 10.8 Å². The second kappa shape index (κ2) is 10.1. The standard InChI is InChI=1S/C21H26N2O4S/c1-16(2)18-7-9-19(10-8-18)27-15-14-23-21(24)13-6-17-4-11-20(12-5-17)28(25,26)22-3/h4-13,16,22H,14-15H2,1-3H3,(H,23,24)/b13-6+. The van der Waals surface area contributed by atoms with E-state index in [4.69, 9.17) is 4.74 Å². The first kappa shape index (κ1) is 21.7. The summed E-state index contributed by atoms with van der Waals surface area (Å²) in [6.07, 6.45) is 3.02. The molecular weight excluding hydrogens is 376 g/mol. The van der Waals surface area contributed by atoms with Crippen LogP contribution in [0.3, 0.4) is 0 Å². The van der Waals surface area contributed by atoms with Gasteiger partial charge in [0.05, 0.1) is 11.4 Å². The molecule has 0 heterocycles. The van der Waals surface area contributed by atoms with Crippen molar-refractivity contribution in [2.45, 2.75) is 24.7 Å². The molecule has 2 aromatic rings. The summed E-state index contributed by atoms with van der Waals surface area (Å²) in [7, 11) is -2.10. The van der Waals surface area contributed by atoms with Crippen molar-refractivity contribution < 1.29 is 17.9 Å². The molecule has 0 aliphatic heterocycles. The summed E-state index contributed by atoms with van der Waals surface area (Å²) in [6.45, 7) is 5.03. The first-order valence-electron chi connectivity index (χ1n) is 9.04. The zero-order chi connectivity index (χ0) is 20.6. The van der Waals surface area contributed by atoms with Crippen LogP contribution in [0, 0.1) is 0 Å². The molecule has 2 aromatic carbocycles. The molecule has 28 heavy (non-hydrogen) atoms. The van der Waals surface area contributed by atoms with Crippen molar-refractivity contribution in [3.63, 3.8) is 0 Å². The fourth-order valence-electron chi connectivity index (χ4n) is 2.40. The molecule has 0 saturated carbocycles. The summed E-state index contributed by atoms with van der Waals surface area (Å²) in [5, 5.41) is 2.74. The number of hydrogen-bond donors (Lipinski definition) is 2. The third-order valence-corrected chi connectivity index (χ3v) is 5.53. The van der Waals surface area contributed by atoms with Gasteiger partial charge in [0, 0.05) is 6.08 Å². The van der Waals surface area contributed by atoms with Gasteiger partial charge in [-0.05, 0) is 54.4 Å². The predicted octanol–water partition coefficient (Wildman–Crippen LogP) is 2.93. The molecule has 0 saturated heterocycles. The van der Waals surface area contributed by atoms with Gasteiger partial charge in [0.25, 0.3) is 0 Å². The van der Waals surface area contributed by atoms with Crippen LogP contribution < -0.4 is 14.8 Å². The Balaban J connectivity index is 1.76. The van der Waals surface area contributed by atoms with Crippen LogP contribution in [0.1, 0.15) is 30.9 Å². The summed E-state index contributed by atoms with van der Waals surface area (Å²) in [6, 6.07) is 14.2. The van der Waals surface area contributed by atoms with E-state index in [1.807, 2.05) is 24.3 Å². The zero-order valence-electron chi connectivity index (χ0n) is 16.3. The molecule has 0 spiro atoms. The summed E-state index contributed by atoms with van der Waals surface area (Å²) >= 11 is 0. The van der Waals surface area contributed by atoms with Gasteiger partial charge in [-0.1, -0.05) is 38.1 Å². The maximum atomic E-state index is 11.9. The number of carbonyl (C=O) groups is 1. The number of benzene rings is 2. The molecule has 6 nitrogen and oxygen atoms in total. The number of carbonyl (C=O) groups excluding carboxylic acids is 1. The van der Waals surface area contributed by atoms with E-state index in [1.54, 1.807) is 18.2 Å². The van der Waals surface area contributed by atoms with Gasteiger partial charge in [-0.25, -0.2) is 13.1 Å².